The van der Waals surface area contributed by atoms with Crippen molar-refractivity contribution < 1.29 is 14.3 Å². The van der Waals surface area contributed by atoms with Crippen molar-refractivity contribution in [1.29, 1.82) is 0 Å². The number of nitrogens with one attached hydrogen (secondary N) is 1. The van der Waals surface area contributed by atoms with E-state index in [1.807, 2.05) is 34.1 Å². The van der Waals surface area contributed by atoms with Crippen LogP contribution >= 0.6 is 11.3 Å². The molecule has 0 radical (unpaired) electrons. The zero-order valence-corrected chi connectivity index (χ0v) is 20.1. The smallest absolute Gasteiger partial charge is 0.320 e. The fraction of sp³-hybridized carbons (Fsp3) is 0.400. The van der Waals surface area contributed by atoms with Crippen LogP contribution in [-0.4, -0.2) is 90.6 Å². The van der Waals surface area contributed by atoms with Crippen LogP contribution in [0.2, 0.25) is 0 Å². The zero-order valence-electron chi connectivity index (χ0n) is 19.3. The number of urea groups is 1. The minimum Gasteiger partial charge on any atom is -0.378 e. The van der Waals surface area contributed by atoms with Gasteiger partial charge in [-0.2, -0.15) is 0 Å². The normalized spacial score (nSPS) is 17.2. The van der Waals surface area contributed by atoms with Crippen LogP contribution in [0.3, 0.4) is 0 Å². The van der Waals surface area contributed by atoms with E-state index in [1.165, 1.54) is 10.3 Å². The number of anilines is 1. The van der Waals surface area contributed by atoms with Gasteiger partial charge in [-0.25, -0.2) is 9.78 Å². The second-order valence-electron chi connectivity index (χ2n) is 8.76. The van der Waals surface area contributed by atoms with Crippen LogP contribution < -0.4 is 5.32 Å². The van der Waals surface area contributed by atoms with Crippen molar-refractivity contribution in [2.45, 2.75) is 6.92 Å². The molecule has 3 aromatic rings. The van der Waals surface area contributed by atoms with Gasteiger partial charge in [0.2, 0.25) is 5.91 Å². The van der Waals surface area contributed by atoms with E-state index in [-0.39, 0.29) is 11.9 Å². The largest absolute Gasteiger partial charge is 0.378 e. The van der Waals surface area contributed by atoms with Gasteiger partial charge in [-0.15, -0.1) is 11.3 Å². The topological polar surface area (TPSA) is 78.0 Å². The van der Waals surface area contributed by atoms with Crippen LogP contribution in [0.1, 0.15) is 5.56 Å². The molecule has 9 heteroatoms. The Morgan fingerprint density at radius 3 is 2.41 bits per heavy atom. The molecule has 0 unspecified atom stereocenters. The van der Waals surface area contributed by atoms with Crippen molar-refractivity contribution in [2.75, 3.05) is 64.3 Å². The molecule has 34 heavy (non-hydrogen) atoms. The summed E-state index contributed by atoms with van der Waals surface area (Å²) in [6, 6.07) is 14.2. The number of carbonyl (C=O) groups excluding carboxylic acids is 2. The van der Waals surface area contributed by atoms with Crippen LogP contribution in [0.15, 0.2) is 42.5 Å². The minimum atomic E-state index is -0.0452. The maximum absolute atomic E-state index is 12.6. The highest BCUT2D eigenvalue weighted by atomic mass is 32.1. The highest BCUT2D eigenvalue weighted by molar-refractivity contribution is 7.21. The molecule has 1 aromatic heterocycles. The minimum absolute atomic E-state index is 0.0452. The summed E-state index contributed by atoms with van der Waals surface area (Å²) in [5.41, 5.74) is 4.05. The van der Waals surface area contributed by atoms with Crippen molar-refractivity contribution in [2.24, 2.45) is 0 Å². The van der Waals surface area contributed by atoms with E-state index in [2.05, 4.69) is 35.3 Å². The molecule has 2 fully saturated rings. The fourth-order valence-electron chi connectivity index (χ4n) is 4.31. The number of morpholine rings is 1. The Morgan fingerprint density at radius 2 is 1.68 bits per heavy atom. The first-order valence-electron chi connectivity index (χ1n) is 11.7. The number of aryl methyl sites for hydroxylation is 1. The van der Waals surface area contributed by atoms with Gasteiger partial charge in [0.15, 0.2) is 0 Å². The summed E-state index contributed by atoms with van der Waals surface area (Å²) in [5, 5.41) is 3.96. The van der Waals surface area contributed by atoms with Crippen LogP contribution in [0.4, 0.5) is 10.5 Å². The van der Waals surface area contributed by atoms with Gasteiger partial charge in [0.25, 0.3) is 0 Å². The standard InChI is InChI=1S/C25H29N5O3S/c1-18-2-7-21-22(16-18)34-24(27-21)19-3-5-20(6-4-19)26-23(31)17-28-8-10-29(11-9-28)25(32)30-12-14-33-15-13-30/h2-7,16H,8-15,17H2,1H3,(H,26,31). The molecule has 0 saturated carbocycles. The Morgan fingerprint density at radius 1 is 0.971 bits per heavy atom. The number of thiazole rings is 1. The molecular weight excluding hydrogens is 450 g/mol. The summed E-state index contributed by atoms with van der Waals surface area (Å²) < 4.78 is 6.50. The molecule has 0 bridgehead atoms. The molecule has 178 valence electrons. The molecule has 2 aliphatic heterocycles. The molecule has 3 heterocycles. The number of carbonyl (C=O) groups is 2. The number of ether oxygens (including phenoxy) is 1. The van der Waals surface area contributed by atoms with Gasteiger partial charge in [0.1, 0.15) is 5.01 Å². The summed E-state index contributed by atoms with van der Waals surface area (Å²) in [4.78, 5) is 35.7. The van der Waals surface area contributed by atoms with Crippen molar-refractivity contribution in [3.63, 3.8) is 0 Å². The molecule has 2 saturated heterocycles. The molecule has 8 nitrogen and oxygen atoms in total. The molecule has 2 aromatic carbocycles. The fourth-order valence-corrected chi connectivity index (χ4v) is 5.38. The van der Waals surface area contributed by atoms with Gasteiger partial charge in [-0.3, -0.25) is 9.69 Å². The number of hydrogen-bond acceptors (Lipinski definition) is 6. The maximum atomic E-state index is 12.6. The summed E-state index contributed by atoms with van der Waals surface area (Å²) in [6.07, 6.45) is 0. The van der Waals surface area contributed by atoms with Crippen LogP contribution in [0.5, 0.6) is 0 Å². The summed E-state index contributed by atoms with van der Waals surface area (Å²) in [5.74, 6) is -0.0452. The third-order valence-electron chi connectivity index (χ3n) is 6.25. The average Bonchev–Trinajstić information content (AvgIpc) is 3.28. The summed E-state index contributed by atoms with van der Waals surface area (Å²) >= 11 is 1.68. The second-order valence-corrected chi connectivity index (χ2v) is 9.79. The number of benzene rings is 2. The van der Waals surface area contributed by atoms with Gasteiger partial charge in [0.05, 0.1) is 30.0 Å². The quantitative estimate of drug-likeness (QED) is 0.622. The van der Waals surface area contributed by atoms with Gasteiger partial charge >= 0.3 is 6.03 Å². The Labute approximate surface area is 203 Å². The van der Waals surface area contributed by atoms with Gasteiger partial charge in [-0.1, -0.05) is 6.07 Å². The molecule has 2 aliphatic rings. The lowest BCUT2D eigenvalue weighted by atomic mass is 10.2. The monoisotopic (exact) mass is 479 g/mol. The number of hydrogen-bond donors (Lipinski definition) is 1. The van der Waals surface area contributed by atoms with Crippen LogP contribution in [0.25, 0.3) is 20.8 Å². The highest BCUT2D eigenvalue weighted by Gasteiger charge is 2.27. The lowest BCUT2D eigenvalue weighted by Gasteiger charge is -2.38. The maximum Gasteiger partial charge on any atom is 0.320 e. The van der Waals surface area contributed by atoms with Crippen molar-refractivity contribution in [3.05, 3.63) is 48.0 Å². The third kappa shape index (κ3) is 5.22. The molecule has 5 rings (SSSR count). The molecule has 0 aliphatic carbocycles. The zero-order chi connectivity index (χ0) is 23.5. The van der Waals surface area contributed by atoms with E-state index in [1.54, 1.807) is 11.3 Å². The van der Waals surface area contributed by atoms with E-state index in [9.17, 15) is 9.59 Å². The van der Waals surface area contributed by atoms with E-state index in [0.717, 1.165) is 21.8 Å². The summed E-state index contributed by atoms with van der Waals surface area (Å²) in [6.45, 7) is 7.58. The van der Waals surface area contributed by atoms with Gasteiger partial charge in [-0.05, 0) is 48.9 Å². The molecule has 1 N–H and O–H groups in total. The molecular formula is C25H29N5O3S. The van der Waals surface area contributed by atoms with Gasteiger partial charge in [0, 0.05) is 50.5 Å². The predicted molar refractivity (Wildman–Crippen MR) is 134 cm³/mol. The number of rotatable bonds is 4. The average molecular weight is 480 g/mol. The Hall–Kier alpha value is -3.01. The van der Waals surface area contributed by atoms with E-state index in [0.29, 0.717) is 59.0 Å². The van der Waals surface area contributed by atoms with E-state index >= 15 is 0 Å². The first-order chi connectivity index (χ1) is 16.5. The van der Waals surface area contributed by atoms with E-state index in [4.69, 9.17) is 9.72 Å². The number of piperazine rings is 1. The van der Waals surface area contributed by atoms with Gasteiger partial charge < -0.3 is 19.9 Å². The number of amides is 3. The molecule has 0 atom stereocenters. The third-order valence-corrected chi connectivity index (χ3v) is 7.32. The first-order valence-corrected chi connectivity index (χ1v) is 12.5. The Balaban J connectivity index is 1.11. The van der Waals surface area contributed by atoms with Crippen LogP contribution in [-0.2, 0) is 9.53 Å². The number of fused-ring (bicyclic) bond motifs is 1. The Bertz CT molecular complexity index is 1170. The van der Waals surface area contributed by atoms with Crippen molar-refractivity contribution in [1.82, 2.24) is 19.7 Å². The van der Waals surface area contributed by atoms with Crippen molar-refractivity contribution >= 4 is 39.2 Å². The summed E-state index contributed by atoms with van der Waals surface area (Å²) in [7, 11) is 0. The lowest BCUT2D eigenvalue weighted by Crippen LogP contribution is -2.55. The SMILES string of the molecule is Cc1ccc2nc(-c3ccc(NC(=O)CN4CCN(C(=O)N5CCOCC5)CC4)cc3)sc2c1. The molecule has 3 amide bonds. The predicted octanol–water partition coefficient (Wildman–Crippen LogP) is 3.28. The molecule has 0 spiro atoms. The van der Waals surface area contributed by atoms with E-state index < -0.39 is 0 Å². The number of nitrogens with zero attached hydrogens (tertiary/aromatic N) is 4. The first kappa shape index (κ1) is 22.8. The second kappa shape index (κ2) is 10.1. The van der Waals surface area contributed by atoms with Crippen molar-refractivity contribution in [3.8, 4) is 10.6 Å². The number of aromatic nitrogens is 1. The highest BCUT2D eigenvalue weighted by Crippen LogP contribution is 2.31. The lowest BCUT2D eigenvalue weighted by molar-refractivity contribution is -0.117. The van der Waals surface area contributed by atoms with Crippen LogP contribution in [0, 0.1) is 6.92 Å². The Kier molecular flexibility index (Phi) is 6.75.